The molecule has 0 aliphatic heterocycles. The maximum absolute atomic E-state index is 12.0. The second kappa shape index (κ2) is 8.63. The van der Waals surface area contributed by atoms with Gasteiger partial charge in [-0.25, -0.2) is 0 Å². The summed E-state index contributed by atoms with van der Waals surface area (Å²) in [6.45, 7) is -0.517. The van der Waals surface area contributed by atoms with Crippen molar-refractivity contribution in [2.75, 3.05) is 0 Å². The summed E-state index contributed by atoms with van der Waals surface area (Å²) in [7, 11) is -4.58. The number of nitro benzene ring substituents is 1. The van der Waals surface area contributed by atoms with E-state index in [1.807, 2.05) is 23.6 Å². The lowest BCUT2D eigenvalue weighted by molar-refractivity contribution is -0.734. The van der Waals surface area contributed by atoms with Crippen molar-refractivity contribution in [1.29, 1.82) is 0 Å². The molecule has 0 aliphatic rings. The highest BCUT2D eigenvalue weighted by Crippen LogP contribution is 2.29. The van der Waals surface area contributed by atoms with Crippen molar-refractivity contribution in [2.24, 2.45) is 0 Å². The fourth-order valence-electron chi connectivity index (χ4n) is 3.72. The number of rotatable bonds is 6. The molecule has 2 aromatic heterocycles. The van der Waals surface area contributed by atoms with E-state index >= 15 is 0 Å². The molecule has 35 heavy (non-hydrogen) atoms. The molecule has 0 amide bonds. The molecular weight excluding hydrogens is 494 g/mol. The Balaban J connectivity index is 1.82. The summed E-state index contributed by atoms with van der Waals surface area (Å²) in [6, 6.07) is 17.2. The summed E-state index contributed by atoms with van der Waals surface area (Å²) < 4.78 is 34.6. The number of tetrazole rings is 1. The first kappa shape index (κ1) is 22.7. The minimum atomic E-state index is -4.58. The number of thiophene rings is 1. The van der Waals surface area contributed by atoms with Crippen molar-refractivity contribution in [3.8, 4) is 22.8 Å². The molecule has 0 saturated heterocycles. The second-order valence-corrected chi connectivity index (χ2v) is 9.72. The minimum absolute atomic E-state index is 0.0194. The third-order valence-corrected chi connectivity index (χ3v) is 7.16. The van der Waals surface area contributed by atoms with E-state index in [1.54, 1.807) is 12.1 Å². The fraction of sp³-hybridized carbons (Fsp3) is 0.0455. The highest BCUT2D eigenvalue weighted by molar-refractivity contribution is 7.86. The van der Waals surface area contributed by atoms with E-state index in [-0.39, 0.29) is 27.5 Å². The van der Waals surface area contributed by atoms with Crippen molar-refractivity contribution in [1.82, 2.24) is 15.0 Å². The molecule has 0 unspecified atom stereocenters. The molecule has 3 aromatic carbocycles. The number of hydrogen-bond donors (Lipinski definition) is 2. The van der Waals surface area contributed by atoms with E-state index in [2.05, 4.69) is 10.2 Å². The molecule has 11 nitrogen and oxygen atoms in total. The zero-order chi connectivity index (χ0) is 24.7. The van der Waals surface area contributed by atoms with Gasteiger partial charge in [-0.2, -0.15) is 8.42 Å². The maximum Gasteiger partial charge on any atom is 0.341 e. The van der Waals surface area contributed by atoms with Crippen molar-refractivity contribution < 1.29 is 27.8 Å². The van der Waals surface area contributed by atoms with Crippen LogP contribution in [0, 0.1) is 10.1 Å². The summed E-state index contributed by atoms with van der Waals surface area (Å²) in [6.07, 6.45) is 0. The number of non-ortho nitro benzene ring substituents is 1. The lowest BCUT2D eigenvalue weighted by Gasteiger charge is -2.05. The SMILES string of the molecule is O=[N+]([O-])c1ccc(-[n+]2nc(-c3ccccc3S(=O)(=O)O)nn2-c2cccc3ccsc23)c(CO)c1. The van der Waals surface area contributed by atoms with Crippen molar-refractivity contribution in [3.63, 3.8) is 0 Å². The number of aromatic nitrogens is 4. The Labute approximate surface area is 202 Å². The van der Waals surface area contributed by atoms with Crippen LogP contribution in [0.4, 0.5) is 5.69 Å². The first-order chi connectivity index (χ1) is 16.8. The van der Waals surface area contributed by atoms with Crippen LogP contribution in [0.1, 0.15) is 5.56 Å². The molecule has 2 heterocycles. The van der Waals surface area contributed by atoms with Gasteiger partial charge in [0, 0.05) is 22.5 Å². The van der Waals surface area contributed by atoms with E-state index in [9.17, 15) is 28.2 Å². The largest absolute Gasteiger partial charge is 0.392 e. The Hall–Kier alpha value is -4.04. The molecule has 2 N–H and O–H groups in total. The van der Waals surface area contributed by atoms with Gasteiger partial charge >= 0.3 is 5.82 Å². The van der Waals surface area contributed by atoms with Gasteiger partial charge in [0.1, 0.15) is 10.6 Å². The maximum atomic E-state index is 12.0. The van der Waals surface area contributed by atoms with E-state index in [0.29, 0.717) is 11.4 Å². The highest BCUT2D eigenvalue weighted by atomic mass is 32.2. The van der Waals surface area contributed by atoms with Crippen molar-refractivity contribution in [3.05, 3.63) is 87.8 Å². The van der Waals surface area contributed by atoms with E-state index < -0.39 is 21.6 Å². The molecule has 0 bridgehead atoms. The van der Waals surface area contributed by atoms with E-state index in [0.717, 1.165) is 10.1 Å². The van der Waals surface area contributed by atoms with Gasteiger partial charge in [-0.05, 0) is 51.0 Å². The number of nitrogens with zero attached hydrogens (tertiary/aromatic N) is 5. The van der Waals surface area contributed by atoms with Crippen LogP contribution >= 0.6 is 11.3 Å². The van der Waals surface area contributed by atoms with Crippen LogP contribution in [0.2, 0.25) is 0 Å². The van der Waals surface area contributed by atoms with Crippen LogP contribution in [-0.4, -0.2) is 38.0 Å². The van der Waals surface area contributed by atoms with Crippen LogP contribution in [0.3, 0.4) is 0 Å². The van der Waals surface area contributed by atoms with Crippen molar-refractivity contribution >= 4 is 37.2 Å². The Morgan fingerprint density at radius 1 is 1.09 bits per heavy atom. The van der Waals surface area contributed by atoms with Crippen LogP contribution in [0.15, 0.2) is 77.0 Å². The van der Waals surface area contributed by atoms with Gasteiger partial charge in [0.15, 0.2) is 5.69 Å². The van der Waals surface area contributed by atoms with E-state index in [4.69, 9.17) is 0 Å². The van der Waals surface area contributed by atoms with Gasteiger partial charge in [0.25, 0.3) is 15.8 Å². The Morgan fingerprint density at radius 2 is 1.89 bits per heavy atom. The Morgan fingerprint density at radius 3 is 2.63 bits per heavy atom. The molecule has 0 spiro atoms. The number of benzene rings is 3. The first-order valence-electron chi connectivity index (χ1n) is 10.1. The number of fused-ring (bicyclic) bond motifs is 1. The third kappa shape index (κ3) is 4.06. The molecule has 13 heteroatoms. The summed E-state index contributed by atoms with van der Waals surface area (Å²) in [5.74, 6) is -0.0194. The number of hydrogen-bond acceptors (Lipinski definition) is 8. The summed E-state index contributed by atoms with van der Waals surface area (Å²) in [5.41, 5.74) is 0.985. The van der Waals surface area contributed by atoms with Crippen LogP contribution < -0.4 is 4.80 Å². The van der Waals surface area contributed by atoms with Crippen LogP contribution in [-0.2, 0) is 16.7 Å². The summed E-state index contributed by atoms with van der Waals surface area (Å²) >= 11 is 1.46. The minimum Gasteiger partial charge on any atom is -0.392 e. The molecule has 0 atom stereocenters. The summed E-state index contributed by atoms with van der Waals surface area (Å²) in [4.78, 5) is 13.1. The van der Waals surface area contributed by atoms with Gasteiger partial charge < -0.3 is 5.11 Å². The zero-order valence-electron chi connectivity index (χ0n) is 17.7. The van der Waals surface area contributed by atoms with Gasteiger partial charge in [-0.15, -0.1) is 11.3 Å². The van der Waals surface area contributed by atoms with Gasteiger partial charge in [-0.3, -0.25) is 14.7 Å². The predicted molar refractivity (Wildman–Crippen MR) is 126 cm³/mol. The fourth-order valence-corrected chi connectivity index (χ4v) is 5.30. The average molecular weight is 511 g/mol. The van der Waals surface area contributed by atoms with Gasteiger partial charge in [0.05, 0.1) is 26.9 Å². The normalized spacial score (nSPS) is 11.7. The van der Waals surface area contributed by atoms with Gasteiger partial charge in [-0.1, -0.05) is 24.3 Å². The topological polar surface area (TPSA) is 152 Å². The quantitative estimate of drug-likeness (QED) is 0.153. The van der Waals surface area contributed by atoms with Crippen LogP contribution in [0.5, 0.6) is 0 Å². The molecule has 5 aromatic rings. The Kier molecular flexibility index (Phi) is 5.61. The zero-order valence-corrected chi connectivity index (χ0v) is 19.3. The second-order valence-electron chi connectivity index (χ2n) is 7.42. The number of aliphatic hydroxyl groups is 1. The molecule has 0 fully saturated rings. The summed E-state index contributed by atoms with van der Waals surface area (Å²) in [5, 5.41) is 33.1. The average Bonchev–Trinajstić information content (AvgIpc) is 3.50. The third-order valence-electron chi connectivity index (χ3n) is 5.30. The lowest BCUT2D eigenvalue weighted by atomic mass is 10.1. The molecule has 0 aliphatic carbocycles. The number of aliphatic hydroxyl groups excluding tert-OH is 1. The van der Waals surface area contributed by atoms with Crippen molar-refractivity contribution in [2.45, 2.75) is 11.5 Å². The predicted octanol–water partition coefficient (Wildman–Crippen LogP) is 3.07. The lowest BCUT2D eigenvalue weighted by Crippen LogP contribution is -2.44. The molecule has 0 saturated carbocycles. The molecular formula is C22H16N5O6S2+. The Bertz CT molecular complexity index is 1710. The number of nitro groups is 1. The van der Waals surface area contributed by atoms with Gasteiger partial charge in [0.2, 0.25) is 0 Å². The highest BCUT2D eigenvalue weighted by Gasteiger charge is 2.30. The molecule has 176 valence electrons. The monoisotopic (exact) mass is 510 g/mol. The smallest absolute Gasteiger partial charge is 0.341 e. The molecule has 0 radical (unpaired) electrons. The van der Waals surface area contributed by atoms with E-state index in [1.165, 1.54) is 57.3 Å². The first-order valence-corrected chi connectivity index (χ1v) is 12.4. The molecule has 5 rings (SSSR count). The van der Waals surface area contributed by atoms with Crippen LogP contribution in [0.25, 0.3) is 32.8 Å². The standard InChI is InChI=1S/C22H15N5O6S2/c28-13-15-12-16(27(29)30)8-9-18(15)25-23-22(17-5-1-2-7-20(17)35(31,32)33)24-26(25)19-6-3-4-14-10-11-34-21(14)19/h1-12,28H,13H2/p+1.